The summed E-state index contributed by atoms with van der Waals surface area (Å²) in [7, 11) is 1.66. The minimum absolute atomic E-state index is 0. The Balaban J connectivity index is 0.00000208. The summed E-state index contributed by atoms with van der Waals surface area (Å²) in [5, 5.41) is 0. The minimum Gasteiger partial charge on any atom is -0.496 e. The molecule has 0 heterocycles. The number of para-hydroxylation sites is 1. The number of carbonyl (C=O) groups excluding carboxylic acids is 1. The zero-order valence-electron chi connectivity index (χ0n) is 13.8. The van der Waals surface area contributed by atoms with Crippen LogP contribution in [0.4, 0.5) is 5.69 Å². The predicted molar refractivity (Wildman–Crippen MR) is 98.4 cm³/mol. The fourth-order valence-corrected chi connectivity index (χ4v) is 2.74. The van der Waals surface area contributed by atoms with E-state index in [-0.39, 0.29) is 18.3 Å². The van der Waals surface area contributed by atoms with Crippen LogP contribution in [0.15, 0.2) is 48.5 Å². The third kappa shape index (κ3) is 4.42. The van der Waals surface area contributed by atoms with Crippen molar-refractivity contribution >= 4 is 24.0 Å². The average molecular weight is 347 g/mol. The monoisotopic (exact) mass is 346 g/mol. The van der Waals surface area contributed by atoms with Crippen LogP contribution in [-0.2, 0) is 17.8 Å². The topological polar surface area (TPSA) is 55.6 Å². The number of nitrogen functional groups attached to an aromatic ring is 1. The molecule has 2 N–H and O–H groups in total. The highest BCUT2D eigenvalue weighted by Gasteiger charge is 2.32. The smallest absolute Gasteiger partial charge is 0.227 e. The van der Waals surface area contributed by atoms with Gasteiger partial charge in [0.2, 0.25) is 5.91 Å². The van der Waals surface area contributed by atoms with Crippen molar-refractivity contribution in [3.63, 3.8) is 0 Å². The number of hydrogen-bond acceptors (Lipinski definition) is 3. The fraction of sp³-hybridized carbons (Fsp3) is 0.316. The van der Waals surface area contributed by atoms with E-state index in [1.165, 1.54) is 0 Å². The zero-order valence-corrected chi connectivity index (χ0v) is 14.6. The molecule has 1 aliphatic rings. The second-order valence-electron chi connectivity index (χ2n) is 5.98. The van der Waals surface area contributed by atoms with Crippen molar-refractivity contribution < 1.29 is 9.53 Å². The Bertz CT molecular complexity index is 684. The molecule has 3 rings (SSSR count). The van der Waals surface area contributed by atoms with E-state index in [0.717, 1.165) is 29.7 Å². The molecule has 1 amide bonds. The number of methoxy groups -OCH3 is 1. The van der Waals surface area contributed by atoms with E-state index in [1.54, 1.807) is 7.11 Å². The molecule has 2 aromatic carbocycles. The Morgan fingerprint density at radius 3 is 2.46 bits per heavy atom. The van der Waals surface area contributed by atoms with Gasteiger partial charge in [0.1, 0.15) is 5.75 Å². The summed E-state index contributed by atoms with van der Waals surface area (Å²) in [6, 6.07) is 15.8. The van der Waals surface area contributed by atoms with Gasteiger partial charge < -0.3 is 15.4 Å². The molecular formula is C19H23ClN2O2. The number of ether oxygens (including phenoxy) is 1. The first-order valence-electron chi connectivity index (χ1n) is 7.93. The van der Waals surface area contributed by atoms with Gasteiger partial charge in [-0.2, -0.15) is 0 Å². The van der Waals surface area contributed by atoms with Gasteiger partial charge in [0, 0.05) is 23.8 Å². The highest BCUT2D eigenvalue weighted by atomic mass is 35.5. The molecule has 1 saturated carbocycles. The number of amides is 1. The number of benzene rings is 2. The third-order valence-corrected chi connectivity index (χ3v) is 4.18. The van der Waals surface area contributed by atoms with Gasteiger partial charge in [-0.15, -0.1) is 12.4 Å². The van der Waals surface area contributed by atoms with Crippen molar-refractivity contribution in [2.24, 2.45) is 0 Å². The van der Waals surface area contributed by atoms with E-state index in [1.807, 2.05) is 53.4 Å². The fourth-order valence-electron chi connectivity index (χ4n) is 2.74. The number of rotatable bonds is 6. The second-order valence-corrected chi connectivity index (χ2v) is 5.98. The Morgan fingerprint density at radius 1 is 1.17 bits per heavy atom. The van der Waals surface area contributed by atoms with Crippen molar-refractivity contribution in [1.29, 1.82) is 0 Å². The van der Waals surface area contributed by atoms with Gasteiger partial charge in [-0.1, -0.05) is 30.3 Å². The number of nitrogens with two attached hydrogens (primary N) is 1. The van der Waals surface area contributed by atoms with Crippen molar-refractivity contribution in [2.45, 2.75) is 31.8 Å². The van der Waals surface area contributed by atoms with Gasteiger partial charge in [0.05, 0.1) is 13.5 Å². The van der Waals surface area contributed by atoms with E-state index in [9.17, 15) is 4.79 Å². The standard InChI is InChI=1S/C19H22N2O2.ClH/c1-23-18-5-3-2-4-15(18)13-21(17-10-11-17)19(22)12-14-6-8-16(20)9-7-14;/h2-9,17H,10-13,20H2,1H3;1H. The van der Waals surface area contributed by atoms with Gasteiger partial charge in [-0.3, -0.25) is 4.79 Å². The number of nitrogens with zero attached hydrogens (tertiary/aromatic N) is 1. The van der Waals surface area contributed by atoms with Gasteiger partial charge >= 0.3 is 0 Å². The highest BCUT2D eigenvalue weighted by Crippen LogP contribution is 2.31. The molecule has 1 fully saturated rings. The van der Waals surface area contributed by atoms with Gasteiger partial charge in [-0.25, -0.2) is 0 Å². The minimum atomic E-state index is 0. The van der Waals surface area contributed by atoms with Crippen LogP contribution in [0.5, 0.6) is 5.75 Å². The van der Waals surface area contributed by atoms with Crippen LogP contribution in [0.2, 0.25) is 0 Å². The van der Waals surface area contributed by atoms with E-state index in [4.69, 9.17) is 10.5 Å². The number of hydrogen-bond donors (Lipinski definition) is 1. The summed E-state index contributed by atoms with van der Waals surface area (Å²) in [5.41, 5.74) is 8.46. The lowest BCUT2D eigenvalue weighted by molar-refractivity contribution is -0.131. The normalized spacial score (nSPS) is 13.0. The largest absolute Gasteiger partial charge is 0.496 e. The van der Waals surface area contributed by atoms with Crippen LogP contribution < -0.4 is 10.5 Å². The molecule has 4 nitrogen and oxygen atoms in total. The molecule has 0 radical (unpaired) electrons. The van der Waals surface area contributed by atoms with Crippen LogP contribution in [0, 0.1) is 0 Å². The molecule has 24 heavy (non-hydrogen) atoms. The molecule has 0 saturated heterocycles. The molecule has 2 aromatic rings. The third-order valence-electron chi connectivity index (χ3n) is 4.18. The lowest BCUT2D eigenvalue weighted by Gasteiger charge is -2.23. The Morgan fingerprint density at radius 2 is 1.83 bits per heavy atom. The molecule has 0 atom stereocenters. The maximum Gasteiger partial charge on any atom is 0.227 e. The summed E-state index contributed by atoms with van der Waals surface area (Å²) in [6.07, 6.45) is 2.58. The molecule has 0 bridgehead atoms. The number of halogens is 1. The lowest BCUT2D eigenvalue weighted by atomic mass is 10.1. The predicted octanol–water partition coefficient (Wildman–Crippen LogP) is 3.43. The Kier molecular flexibility index (Phi) is 6.10. The zero-order chi connectivity index (χ0) is 16.2. The quantitative estimate of drug-likeness (QED) is 0.815. The molecule has 0 aliphatic heterocycles. The maximum atomic E-state index is 12.7. The molecule has 128 valence electrons. The van der Waals surface area contributed by atoms with Crippen molar-refractivity contribution in [3.8, 4) is 5.75 Å². The van der Waals surface area contributed by atoms with Crippen molar-refractivity contribution in [3.05, 3.63) is 59.7 Å². The Hall–Kier alpha value is -2.20. The van der Waals surface area contributed by atoms with Crippen LogP contribution in [-0.4, -0.2) is 24.0 Å². The van der Waals surface area contributed by atoms with E-state index in [2.05, 4.69) is 0 Å². The van der Waals surface area contributed by atoms with E-state index >= 15 is 0 Å². The summed E-state index contributed by atoms with van der Waals surface area (Å²) < 4.78 is 5.41. The SMILES string of the molecule is COc1ccccc1CN(C(=O)Cc1ccc(N)cc1)C1CC1.Cl. The van der Waals surface area contributed by atoms with Crippen molar-refractivity contribution in [1.82, 2.24) is 4.90 Å². The Labute approximate surface area is 149 Å². The van der Waals surface area contributed by atoms with Crippen LogP contribution in [0.1, 0.15) is 24.0 Å². The van der Waals surface area contributed by atoms with E-state index < -0.39 is 0 Å². The molecule has 5 heteroatoms. The summed E-state index contributed by atoms with van der Waals surface area (Å²) >= 11 is 0. The first-order valence-corrected chi connectivity index (χ1v) is 7.93. The first-order chi connectivity index (χ1) is 11.2. The van der Waals surface area contributed by atoms with Gasteiger partial charge in [-0.05, 0) is 36.6 Å². The van der Waals surface area contributed by atoms with Crippen molar-refractivity contribution in [2.75, 3.05) is 12.8 Å². The van der Waals surface area contributed by atoms with Gasteiger partial charge in [0.25, 0.3) is 0 Å². The average Bonchev–Trinajstić information content (AvgIpc) is 3.39. The second kappa shape index (κ2) is 8.06. The number of anilines is 1. The van der Waals surface area contributed by atoms with Crippen LogP contribution in [0.3, 0.4) is 0 Å². The summed E-state index contributed by atoms with van der Waals surface area (Å²) in [6.45, 7) is 0.600. The molecule has 1 aliphatic carbocycles. The number of carbonyl (C=O) groups is 1. The summed E-state index contributed by atoms with van der Waals surface area (Å²) in [4.78, 5) is 14.7. The van der Waals surface area contributed by atoms with Crippen LogP contribution in [0.25, 0.3) is 0 Å². The van der Waals surface area contributed by atoms with E-state index in [0.29, 0.717) is 24.7 Å². The molecule has 0 unspecified atom stereocenters. The summed E-state index contributed by atoms with van der Waals surface area (Å²) in [5.74, 6) is 0.988. The first kappa shape index (κ1) is 18.1. The molecular weight excluding hydrogens is 324 g/mol. The van der Waals surface area contributed by atoms with Gasteiger partial charge in [0.15, 0.2) is 0 Å². The molecule has 0 aromatic heterocycles. The highest BCUT2D eigenvalue weighted by molar-refractivity contribution is 5.85. The maximum absolute atomic E-state index is 12.7. The molecule has 0 spiro atoms. The van der Waals surface area contributed by atoms with Crippen LogP contribution >= 0.6 is 12.4 Å². The lowest BCUT2D eigenvalue weighted by Crippen LogP contribution is -2.33.